The Morgan fingerprint density at radius 2 is 1.81 bits per heavy atom. The van der Waals surface area contributed by atoms with Crippen LogP contribution in [-0.2, 0) is 12.7 Å². The highest BCUT2D eigenvalue weighted by Crippen LogP contribution is 2.46. The summed E-state index contributed by atoms with van der Waals surface area (Å²) in [6.07, 6.45) is -0.593. The van der Waals surface area contributed by atoms with E-state index >= 15 is 0 Å². The molecule has 1 aliphatic rings. The lowest BCUT2D eigenvalue weighted by molar-refractivity contribution is -0.137. The highest BCUT2D eigenvalue weighted by atomic mass is 19.4. The number of nitrogens with zero attached hydrogens (tertiary/aromatic N) is 4. The van der Waals surface area contributed by atoms with Gasteiger partial charge in [0.2, 0.25) is 0 Å². The number of fused-ring (bicyclic) bond motifs is 2. The van der Waals surface area contributed by atoms with Gasteiger partial charge in [-0.05, 0) is 31.0 Å². The second kappa shape index (κ2) is 6.79. The van der Waals surface area contributed by atoms with Crippen molar-refractivity contribution in [3.05, 3.63) is 81.3 Å². The zero-order valence-corrected chi connectivity index (χ0v) is 16.6. The van der Waals surface area contributed by atoms with Crippen LogP contribution >= 0.6 is 0 Å². The lowest BCUT2D eigenvalue weighted by Gasteiger charge is -2.17. The van der Waals surface area contributed by atoms with E-state index in [2.05, 4.69) is 11.1 Å². The summed E-state index contributed by atoms with van der Waals surface area (Å²) in [5, 5.41) is 10.5. The molecule has 2 aromatic heterocycles. The highest BCUT2D eigenvalue weighted by Gasteiger charge is 2.44. The Balaban J connectivity index is 1.90. The van der Waals surface area contributed by atoms with Crippen LogP contribution in [0.1, 0.15) is 18.4 Å². The molecule has 0 saturated heterocycles. The van der Waals surface area contributed by atoms with E-state index in [1.807, 2.05) is 0 Å². The van der Waals surface area contributed by atoms with Gasteiger partial charge in [0.25, 0.3) is 5.56 Å². The molecule has 0 spiro atoms. The number of rotatable bonds is 3. The minimum Gasteiger partial charge on any atom is -0.291 e. The van der Waals surface area contributed by atoms with Crippen LogP contribution < -0.4 is 11.2 Å². The van der Waals surface area contributed by atoms with Crippen molar-refractivity contribution in [1.82, 2.24) is 14.1 Å². The van der Waals surface area contributed by atoms with Gasteiger partial charge in [-0.1, -0.05) is 24.3 Å². The standard InChI is InChI=1S/C23H15F3N4O2/c24-23(25,26)15-5-6-18-17(9-15)20(31)30(21(32)29(18)13-22(12-27)7-8-22)19-11-28-10-14-3-1-2-4-16(14)19/h1-6,9-11H,7-8,13H2. The highest BCUT2D eigenvalue weighted by molar-refractivity contribution is 5.89. The SMILES string of the molecule is N#CC1(Cn2c(=O)n(-c3cncc4ccccc34)c(=O)c3cc(C(F)(F)F)ccc32)CC1. The molecule has 5 rings (SSSR count). The molecule has 160 valence electrons. The second-order valence-corrected chi connectivity index (χ2v) is 8.01. The molecule has 32 heavy (non-hydrogen) atoms. The summed E-state index contributed by atoms with van der Waals surface area (Å²) in [5.41, 5.74) is -3.10. The van der Waals surface area contributed by atoms with Crippen LogP contribution in [-0.4, -0.2) is 14.1 Å². The van der Waals surface area contributed by atoms with E-state index < -0.39 is 28.4 Å². The molecular formula is C23H15F3N4O2. The maximum atomic E-state index is 13.5. The zero-order chi connectivity index (χ0) is 22.7. The molecule has 0 amide bonds. The van der Waals surface area contributed by atoms with E-state index in [4.69, 9.17) is 0 Å². The Labute approximate surface area is 178 Å². The summed E-state index contributed by atoms with van der Waals surface area (Å²) in [7, 11) is 0. The molecule has 1 saturated carbocycles. The van der Waals surface area contributed by atoms with Gasteiger partial charge in [0.15, 0.2) is 0 Å². The van der Waals surface area contributed by atoms with E-state index in [0.29, 0.717) is 23.6 Å². The molecule has 0 atom stereocenters. The fourth-order valence-corrected chi connectivity index (χ4v) is 3.95. The third-order valence-electron chi connectivity index (χ3n) is 5.91. The van der Waals surface area contributed by atoms with Crippen LogP contribution in [0, 0.1) is 16.7 Å². The number of halogens is 3. The molecule has 4 aromatic rings. The maximum Gasteiger partial charge on any atom is 0.416 e. The molecule has 0 bridgehead atoms. The van der Waals surface area contributed by atoms with Crippen molar-refractivity contribution in [1.29, 1.82) is 5.26 Å². The summed E-state index contributed by atoms with van der Waals surface area (Å²) in [6, 6.07) is 11.9. The second-order valence-electron chi connectivity index (χ2n) is 8.01. The van der Waals surface area contributed by atoms with Gasteiger partial charge in [0.05, 0.1) is 39.8 Å². The van der Waals surface area contributed by atoms with E-state index in [1.54, 1.807) is 30.5 Å². The maximum absolute atomic E-state index is 13.5. The topological polar surface area (TPSA) is 80.7 Å². The Bertz CT molecular complexity index is 1550. The van der Waals surface area contributed by atoms with Gasteiger partial charge in [0, 0.05) is 23.5 Å². The largest absolute Gasteiger partial charge is 0.416 e. The predicted octanol–water partition coefficient (Wildman–Crippen LogP) is 4.02. The first kappa shape index (κ1) is 20.0. The van der Waals surface area contributed by atoms with Crippen molar-refractivity contribution in [3.63, 3.8) is 0 Å². The van der Waals surface area contributed by atoms with Crippen molar-refractivity contribution >= 4 is 21.7 Å². The van der Waals surface area contributed by atoms with Crippen molar-refractivity contribution in [2.24, 2.45) is 5.41 Å². The third-order valence-corrected chi connectivity index (χ3v) is 5.91. The fourth-order valence-electron chi connectivity index (χ4n) is 3.95. The molecule has 0 aliphatic heterocycles. The minimum absolute atomic E-state index is 0.0112. The minimum atomic E-state index is -4.65. The fraction of sp³-hybridized carbons (Fsp3) is 0.217. The number of hydrogen-bond acceptors (Lipinski definition) is 4. The van der Waals surface area contributed by atoms with E-state index in [0.717, 1.165) is 22.8 Å². The summed E-state index contributed by atoms with van der Waals surface area (Å²) < 4.78 is 42.2. The van der Waals surface area contributed by atoms with Crippen LogP contribution in [0.3, 0.4) is 0 Å². The Morgan fingerprint density at radius 3 is 2.50 bits per heavy atom. The summed E-state index contributed by atoms with van der Waals surface area (Å²) in [6.45, 7) is -0.0112. The monoisotopic (exact) mass is 436 g/mol. The molecule has 0 unspecified atom stereocenters. The Kier molecular flexibility index (Phi) is 4.24. The van der Waals surface area contributed by atoms with Gasteiger partial charge in [-0.2, -0.15) is 18.4 Å². The van der Waals surface area contributed by atoms with Gasteiger partial charge in [-0.3, -0.25) is 14.3 Å². The molecule has 1 aliphatic carbocycles. The van der Waals surface area contributed by atoms with Crippen molar-refractivity contribution < 1.29 is 13.2 Å². The zero-order valence-electron chi connectivity index (χ0n) is 16.6. The molecule has 0 radical (unpaired) electrons. The van der Waals surface area contributed by atoms with Crippen LogP contribution in [0.25, 0.3) is 27.4 Å². The van der Waals surface area contributed by atoms with Crippen LogP contribution in [0.5, 0.6) is 0 Å². The molecule has 1 fully saturated rings. The predicted molar refractivity (Wildman–Crippen MR) is 111 cm³/mol. The average molecular weight is 436 g/mol. The quantitative estimate of drug-likeness (QED) is 0.486. The molecule has 9 heteroatoms. The van der Waals surface area contributed by atoms with Crippen LogP contribution in [0.2, 0.25) is 0 Å². The van der Waals surface area contributed by atoms with E-state index in [-0.39, 0.29) is 23.1 Å². The first-order valence-electron chi connectivity index (χ1n) is 9.85. The van der Waals surface area contributed by atoms with Crippen LogP contribution in [0.4, 0.5) is 13.2 Å². The lowest BCUT2D eigenvalue weighted by Crippen LogP contribution is -2.40. The number of nitriles is 1. The van der Waals surface area contributed by atoms with Gasteiger partial charge in [-0.15, -0.1) is 0 Å². The molecule has 2 aromatic carbocycles. The van der Waals surface area contributed by atoms with Crippen molar-refractivity contribution in [2.45, 2.75) is 25.6 Å². The number of aromatic nitrogens is 3. The number of benzene rings is 2. The normalized spacial score (nSPS) is 15.1. The lowest BCUT2D eigenvalue weighted by atomic mass is 10.1. The first-order valence-corrected chi connectivity index (χ1v) is 9.85. The molecular weight excluding hydrogens is 421 g/mol. The Hall–Kier alpha value is -3.93. The van der Waals surface area contributed by atoms with E-state index in [1.165, 1.54) is 10.8 Å². The van der Waals surface area contributed by atoms with Gasteiger partial charge in [0.1, 0.15) is 0 Å². The summed E-state index contributed by atoms with van der Waals surface area (Å²) in [4.78, 5) is 31.0. The summed E-state index contributed by atoms with van der Waals surface area (Å²) >= 11 is 0. The van der Waals surface area contributed by atoms with E-state index in [9.17, 15) is 28.0 Å². The van der Waals surface area contributed by atoms with Crippen LogP contribution in [0.15, 0.2) is 64.4 Å². The Morgan fingerprint density at radius 1 is 1.06 bits per heavy atom. The van der Waals surface area contributed by atoms with Crippen molar-refractivity contribution in [3.8, 4) is 11.8 Å². The van der Waals surface area contributed by atoms with Crippen molar-refractivity contribution in [2.75, 3.05) is 0 Å². The number of hydrogen-bond donors (Lipinski definition) is 0. The smallest absolute Gasteiger partial charge is 0.291 e. The van der Waals surface area contributed by atoms with Gasteiger partial charge >= 0.3 is 11.9 Å². The van der Waals surface area contributed by atoms with Gasteiger partial charge < -0.3 is 0 Å². The van der Waals surface area contributed by atoms with Gasteiger partial charge in [-0.25, -0.2) is 9.36 Å². The molecule has 2 heterocycles. The first-order chi connectivity index (χ1) is 15.2. The average Bonchev–Trinajstić information content (AvgIpc) is 3.56. The molecule has 6 nitrogen and oxygen atoms in total. The number of alkyl halides is 3. The molecule has 0 N–H and O–H groups in total. The summed E-state index contributed by atoms with van der Waals surface area (Å²) in [5.74, 6) is 0. The third kappa shape index (κ3) is 3.07. The number of pyridine rings is 1.